The number of hydrogen-bond acceptors (Lipinski definition) is 7. The molecule has 2 aliphatic heterocycles. The molecule has 3 aromatic rings. The molecule has 2 fully saturated rings. The molecule has 0 unspecified atom stereocenters. The maximum absolute atomic E-state index is 13.3. The van der Waals surface area contributed by atoms with Gasteiger partial charge in [-0.05, 0) is 50.1 Å². The fourth-order valence-electron chi connectivity index (χ4n) is 5.42. The molecule has 0 saturated carbocycles. The van der Waals surface area contributed by atoms with E-state index in [4.69, 9.17) is 17.3 Å². The Hall–Kier alpha value is -2.72. The number of nitrogens with two attached hydrogens (primary N) is 1. The van der Waals surface area contributed by atoms with Gasteiger partial charge in [0.1, 0.15) is 17.8 Å². The van der Waals surface area contributed by atoms with Crippen LogP contribution < -0.4 is 16.0 Å². The number of benzene rings is 1. The van der Waals surface area contributed by atoms with Crippen LogP contribution in [0.2, 0.25) is 5.02 Å². The summed E-state index contributed by atoms with van der Waals surface area (Å²) >= 11 is 6.13. The van der Waals surface area contributed by atoms with E-state index < -0.39 is 5.54 Å². The van der Waals surface area contributed by atoms with Crippen molar-refractivity contribution in [2.24, 2.45) is 5.73 Å². The molecule has 9 nitrogen and oxygen atoms in total. The van der Waals surface area contributed by atoms with E-state index in [1.807, 2.05) is 36.5 Å². The van der Waals surface area contributed by atoms with Crippen molar-refractivity contribution in [1.82, 2.24) is 30.1 Å². The average molecular weight is 525 g/mol. The molecule has 1 amide bonds. The first-order valence-electron chi connectivity index (χ1n) is 13.2. The van der Waals surface area contributed by atoms with E-state index in [1.54, 1.807) is 6.33 Å². The standard InChI is InChI=1S/C27H37ClN8O/c1-34-14-16-35(17-15-34)11-7-23(20-2-4-21(28)5-3-20)33-24(37)18-27(29)8-12-36(13-9-27)26-22-6-10-30-25(22)31-19-32-26/h2-6,10,19,23H,7-9,11-18,29H2,1H3,(H,33,37)(H,30,31,32)/t23-/m0/s1. The summed E-state index contributed by atoms with van der Waals surface area (Å²) in [7, 11) is 2.16. The second-order valence-electron chi connectivity index (χ2n) is 10.6. The third kappa shape index (κ3) is 6.41. The highest BCUT2D eigenvalue weighted by atomic mass is 35.5. The Morgan fingerprint density at radius 3 is 2.57 bits per heavy atom. The van der Waals surface area contributed by atoms with Gasteiger partial charge in [-0.25, -0.2) is 9.97 Å². The van der Waals surface area contributed by atoms with E-state index in [2.05, 4.69) is 42.0 Å². The number of hydrogen-bond donors (Lipinski definition) is 3. The highest BCUT2D eigenvalue weighted by molar-refractivity contribution is 6.30. The number of H-pyrrole nitrogens is 1. The number of aromatic nitrogens is 3. The molecule has 198 valence electrons. The smallest absolute Gasteiger partial charge is 0.222 e. The molecule has 37 heavy (non-hydrogen) atoms. The molecule has 2 saturated heterocycles. The number of aromatic amines is 1. The monoisotopic (exact) mass is 524 g/mol. The van der Waals surface area contributed by atoms with Gasteiger partial charge in [-0.15, -0.1) is 0 Å². The number of rotatable bonds is 8. The third-order valence-corrected chi connectivity index (χ3v) is 8.09. The van der Waals surface area contributed by atoms with Crippen molar-refractivity contribution >= 4 is 34.4 Å². The minimum absolute atomic E-state index is 0.00402. The Kier molecular flexibility index (Phi) is 7.95. The van der Waals surface area contributed by atoms with Gasteiger partial charge in [0.2, 0.25) is 5.91 Å². The number of halogens is 1. The first-order valence-corrected chi connectivity index (χ1v) is 13.5. The van der Waals surface area contributed by atoms with Crippen molar-refractivity contribution in [1.29, 1.82) is 0 Å². The van der Waals surface area contributed by atoms with Crippen LogP contribution in [0.15, 0.2) is 42.9 Å². The van der Waals surface area contributed by atoms with Gasteiger partial charge in [0.15, 0.2) is 0 Å². The summed E-state index contributed by atoms with van der Waals surface area (Å²) in [5.41, 5.74) is 8.15. The van der Waals surface area contributed by atoms with Crippen molar-refractivity contribution in [2.75, 3.05) is 57.8 Å². The van der Waals surface area contributed by atoms with Crippen LogP contribution >= 0.6 is 11.6 Å². The topological polar surface area (TPSA) is 106 Å². The average Bonchev–Trinajstić information content (AvgIpc) is 3.38. The summed E-state index contributed by atoms with van der Waals surface area (Å²) in [6, 6.07) is 9.73. The van der Waals surface area contributed by atoms with Crippen LogP contribution in [-0.4, -0.2) is 89.1 Å². The van der Waals surface area contributed by atoms with E-state index in [-0.39, 0.29) is 11.9 Å². The number of likely N-dealkylation sites (N-methyl/N-ethyl adjacent to an activating group) is 1. The highest BCUT2D eigenvalue weighted by Gasteiger charge is 2.34. The Balaban J connectivity index is 1.19. The van der Waals surface area contributed by atoms with E-state index in [0.717, 1.165) is 87.5 Å². The lowest BCUT2D eigenvalue weighted by atomic mass is 9.85. The van der Waals surface area contributed by atoms with Crippen LogP contribution in [-0.2, 0) is 4.79 Å². The Labute approximate surface area is 223 Å². The third-order valence-electron chi connectivity index (χ3n) is 7.84. The molecule has 5 rings (SSSR count). The lowest BCUT2D eigenvalue weighted by Crippen LogP contribution is -2.53. The summed E-state index contributed by atoms with van der Waals surface area (Å²) in [4.78, 5) is 32.3. The highest BCUT2D eigenvalue weighted by Crippen LogP contribution is 2.30. The summed E-state index contributed by atoms with van der Waals surface area (Å²) in [5.74, 6) is 0.925. The normalized spacial score (nSPS) is 19.7. The number of piperazine rings is 1. The van der Waals surface area contributed by atoms with Crippen molar-refractivity contribution in [3.05, 3.63) is 53.4 Å². The first kappa shape index (κ1) is 25.9. The number of fused-ring (bicyclic) bond motifs is 1. The Bertz CT molecular complexity index is 1180. The van der Waals surface area contributed by atoms with Crippen molar-refractivity contribution in [2.45, 2.75) is 37.3 Å². The Morgan fingerprint density at radius 2 is 1.84 bits per heavy atom. The molecule has 0 radical (unpaired) electrons. The number of carbonyl (C=O) groups excluding carboxylic acids is 1. The second-order valence-corrected chi connectivity index (χ2v) is 11.0. The largest absolute Gasteiger partial charge is 0.356 e. The maximum Gasteiger partial charge on any atom is 0.222 e. The maximum atomic E-state index is 13.3. The first-order chi connectivity index (χ1) is 17.9. The van der Waals surface area contributed by atoms with Gasteiger partial charge in [-0.1, -0.05) is 23.7 Å². The number of carbonyl (C=O) groups is 1. The molecule has 10 heteroatoms. The predicted octanol–water partition coefficient (Wildman–Crippen LogP) is 2.79. The zero-order chi connectivity index (χ0) is 25.8. The number of nitrogens with one attached hydrogen (secondary N) is 2. The predicted molar refractivity (Wildman–Crippen MR) is 148 cm³/mol. The van der Waals surface area contributed by atoms with Crippen LogP contribution in [0.5, 0.6) is 0 Å². The minimum atomic E-state index is -0.535. The number of anilines is 1. The van der Waals surface area contributed by atoms with E-state index in [0.29, 0.717) is 11.4 Å². The summed E-state index contributed by atoms with van der Waals surface area (Å²) in [6.07, 6.45) is 6.08. The molecular weight excluding hydrogens is 488 g/mol. The molecular formula is C27H37ClN8O. The van der Waals surface area contributed by atoms with Gasteiger partial charge in [-0.2, -0.15) is 0 Å². The molecule has 2 aliphatic rings. The zero-order valence-corrected chi connectivity index (χ0v) is 22.3. The Morgan fingerprint density at radius 1 is 1.11 bits per heavy atom. The zero-order valence-electron chi connectivity index (χ0n) is 21.5. The summed E-state index contributed by atoms with van der Waals surface area (Å²) in [6.45, 7) is 6.72. The van der Waals surface area contributed by atoms with Crippen molar-refractivity contribution < 1.29 is 4.79 Å². The number of amides is 1. The van der Waals surface area contributed by atoms with Crippen molar-refractivity contribution in [3.8, 4) is 0 Å². The minimum Gasteiger partial charge on any atom is -0.356 e. The molecule has 0 spiro atoms. The van der Waals surface area contributed by atoms with E-state index in [9.17, 15) is 4.79 Å². The lowest BCUT2D eigenvalue weighted by Gasteiger charge is -2.39. The number of nitrogens with zero attached hydrogens (tertiary/aromatic N) is 5. The van der Waals surface area contributed by atoms with Gasteiger partial charge in [0.25, 0.3) is 0 Å². The van der Waals surface area contributed by atoms with E-state index >= 15 is 0 Å². The summed E-state index contributed by atoms with van der Waals surface area (Å²) in [5, 5.41) is 5.01. The van der Waals surface area contributed by atoms with Gasteiger partial charge in [0, 0.05) is 69.0 Å². The molecule has 1 aromatic carbocycles. The van der Waals surface area contributed by atoms with Gasteiger partial charge < -0.3 is 30.7 Å². The van der Waals surface area contributed by atoms with Crippen LogP contribution in [0.1, 0.15) is 37.3 Å². The quantitative estimate of drug-likeness (QED) is 0.416. The van der Waals surface area contributed by atoms with Crippen LogP contribution in [0.3, 0.4) is 0 Å². The number of piperidine rings is 1. The molecule has 4 N–H and O–H groups in total. The van der Waals surface area contributed by atoms with Gasteiger partial charge >= 0.3 is 0 Å². The SMILES string of the molecule is CN1CCN(CC[C@H](NC(=O)CC2(N)CCN(c3ncnc4[nH]ccc34)CC2)c2ccc(Cl)cc2)CC1. The fourth-order valence-corrected chi connectivity index (χ4v) is 5.54. The molecule has 0 aliphatic carbocycles. The molecule has 0 bridgehead atoms. The fraction of sp³-hybridized carbons (Fsp3) is 0.519. The van der Waals surface area contributed by atoms with Crippen LogP contribution in [0.25, 0.3) is 11.0 Å². The summed E-state index contributed by atoms with van der Waals surface area (Å²) < 4.78 is 0. The molecule has 4 heterocycles. The van der Waals surface area contributed by atoms with Gasteiger partial charge in [0.05, 0.1) is 11.4 Å². The molecule has 2 aromatic heterocycles. The van der Waals surface area contributed by atoms with Crippen LogP contribution in [0, 0.1) is 0 Å². The van der Waals surface area contributed by atoms with Crippen molar-refractivity contribution in [3.63, 3.8) is 0 Å². The van der Waals surface area contributed by atoms with Gasteiger partial charge in [-0.3, -0.25) is 4.79 Å². The van der Waals surface area contributed by atoms with E-state index in [1.165, 1.54) is 0 Å². The van der Waals surface area contributed by atoms with Crippen LogP contribution in [0.4, 0.5) is 5.82 Å². The molecule has 1 atom stereocenters. The second kappa shape index (κ2) is 11.3. The lowest BCUT2D eigenvalue weighted by molar-refractivity contribution is -0.123.